The maximum absolute atomic E-state index is 14.3. The van der Waals surface area contributed by atoms with E-state index in [0.717, 1.165) is 0 Å². The summed E-state index contributed by atoms with van der Waals surface area (Å²) in [6.07, 6.45) is 1.82. The fourth-order valence-corrected chi connectivity index (χ4v) is 8.52. The maximum atomic E-state index is 14.3. The number of nitrogens with one attached hydrogen (secondary N) is 3. The molecule has 5 amide bonds. The van der Waals surface area contributed by atoms with Crippen LogP contribution in [0.3, 0.4) is 0 Å². The van der Waals surface area contributed by atoms with Gasteiger partial charge >= 0.3 is 6.03 Å². The number of piperidine rings is 1. The number of sulfonamides is 1. The zero-order valence-corrected chi connectivity index (χ0v) is 31.0. The number of rotatable bonds is 13. The second kappa shape index (κ2) is 13.7. The van der Waals surface area contributed by atoms with Crippen LogP contribution < -0.4 is 21.7 Å². The van der Waals surface area contributed by atoms with Crippen molar-refractivity contribution in [1.82, 2.24) is 25.2 Å². The molecular weight excluding hydrogens is 648 g/mol. The molecule has 0 radical (unpaired) electrons. The lowest BCUT2D eigenvalue weighted by molar-refractivity contribution is -0.145. The van der Waals surface area contributed by atoms with Crippen molar-refractivity contribution in [2.24, 2.45) is 39.7 Å². The summed E-state index contributed by atoms with van der Waals surface area (Å²) in [4.78, 5) is 67.8. The predicted octanol–water partition coefficient (Wildman–Crippen LogP) is 2.26. The smallest absolute Gasteiger partial charge is 0.315 e. The minimum atomic E-state index is -3.83. The van der Waals surface area contributed by atoms with E-state index in [-0.39, 0.29) is 40.0 Å². The van der Waals surface area contributed by atoms with E-state index in [9.17, 15) is 32.4 Å². The maximum Gasteiger partial charge on any atom is 0.315 e. The fourth-order valence-electron chi connectivity index (χ4n) is 7.29. The third-order valence-corrected chi connectivity index (χ3v) is 12.0. The average molecular weight is 703 g/mol. The standard InChI is InChI=1S/C35H54N6O7S/c1-33(2,3)17-21(18-40(9)49(47,48)22-13-11-10-12-14-22)37-32(46)39-28(34(4,5)6)31(45)41-19-23-24(35(23,7)8)26(41)30(44)38-25(20-15-16-20)27(42)29(36)43/h10-14,20-21,23-26,28H,15-19H2,1-9H3,(H2,36,43)(H,38,44)(H2,37,39,46)/t21-,23-,24-,25?,26-,28+/m0/s1. The monoisotopic (exact) mass is 702 g/mol. The number of amides is 5. The molecule has 0 bridgehead atoms. The van der Waals surface area contributed by atoms with E-state index >= 15 is 0 Å². The summed E-state index contributed by atoms with van der Waals surface area (Å²) < 4.78 is 27.8. The number of Topliss-reactive ketones (excluding diaryl/α,β-unsaturated/α-hetero) is 1. The lowest BCUT2D eigenvalue weighted by atomic mass is 9.85. The van der Waals surface area contributed by atoms with E-state index in [4.69, 9.17) is 5.73 Å². The van der Waals surface area contributed by atoms with Gasteiger partial charge in [0, 0.05) is 26.2 Å². The van der Waals surface area contributed by atoms with E-state index in [1.54, 1.807) is 18.2 Å². The topological polar surface area (TPSA) is 188 Å². The Kier molecular flexibility index (Phi) is 10.7. The van der Waals surface area contributed by atoms with Crippen molar-refractivity contribution in [3.05, 3.63) is 30.3 Å². The van der Waals surface area contributed by atoms with E-state index in [1.807, 2.05) is 55.4 Å². The molecule has 3 aliphatic rings. The van der Waals surface area contributed by atoms with Crippen LogP contribution in [0.5, 0.6) is 0 Å². The molecule has 6 atom stereocenters. The minimum Gasteiger partial charge on any atom is -0.363 e. The van der Waals surface area contributed by atoms with Crippen LogP contribution in [0, 0.1) is 34.0 Å². The highest BCUT2D eigenvalue weighted by Crippen LogP contribution is 2.65. The predicted molar refractivity (Wildman–Crippen MR) is 184 cm³/mol. The number of ketones is 1. The number of likely N-dealkylation sites (N-methyl/N-ethyl adjacent to an activating group) is 1. The molecule has 13 nitrogen and oxygen atoms in total. The van der Waals surface area contributed by atoms with Crippen LogP contribution in [0.2, 0.25) is 0 Å². The average Bonchev–Trinajstić information content (AvgIpc) is 3.85. The molecule has 1 saturated heterocycles. The van der Waals surface area contributed by atoms with Crippen LogP contribution in [0.1, 0.15) is 74.7 Å². The van der Waals surface area contributed by atoms with E-state index < -0.39 is 69.1 Å². The summed E-state index contributed by atoms with van der Waals surface area (Å²) in [5, 5.41) is 8.52. The second-order valence-electron chi connectivity index (χ2n) is 16.9. The Hall–Kier alpha value is -3.52. The van der Waals surface area contributed by atoms with Crippen LogP contribution in [0.15, 0.2) is 35.2 Å². The second-order valence-corrected chi connectivity index (χ2v) is 19.0. The first kappa shape index (κ1) is 38.3. The molecule has 2 saturated carbocycles. The summed E-state index contributed by atoms with van der Waals surface area (Å²) >= 11 is 0. The third-order valence-electron chi connectivity index (χ3n) is 10.2. The number of likely N-dealkylation sites (tertiary alicyclic amines) is 1. The van der Waals surface area contributed by atoms with Gasteiger partial charge in [-0.3, -0.25) is 19.2 Å². The number of carbonyl (C=O) groups is 5. The molecule has 272 valence electrons. The largest absolute Gasteiger partial charge is 0.363 e. The number of nitrogens with zero attached hydrogens (tertiary/aromatic N) is 2. The van der Waals surface area contributed by atoms with Crippen molar-refractivity contribution in [3.63, 3.8) is 0 Å². The van der Waals surface area contributed by atoms with Crippen molar-refractivity contribution in [3.8, 4) is 0 Å². The van der Waals surface area contributed by atoms with Gasteiger partial charge < -0.3 is 26.6 Å². The highest BCUT2D eigenvalue weighted by Gasteiger charge is 2.70. The summed E-state index contributed by atoms with van der Waals surface area (Å²) in [5.41, 5.74) is 4.02. The van der Waals surface area contributed by atoms with Gasteiger partial charge in [0.2, 0.25) is 27.6 Å². The normalized spacial score (nSPS) is 23.6. The first-order valence-electron chi connectivity index (χ1n) is 17.0. The summed E-state index contributed by atoms with van der Waals surface area (Å²) in [6, 6.07) is 3.85. The Morgan fingerprint density at radius 3 is 2.08 bits per heavy atom. The minimum absolute atomic E-state index is 0.00492. The number of fused-ring (bicyclic) bond motifs is 1. The van der Waals surface area contributed by atoms with E-state index in [1.165, 1.54) is 28.4 Å². The number of hydrogen-bond donors (Lipinski definition) is 4. The Bertz CT molecular complexity index is 1560. The Morgan fingerprint density at radius 2 is 1.57 bits per heavy atom. The van der Waals surface area contributed by atoms with Gasteiger partial charge in [0.15, 0.2) is 0 Å². The van der Waals surface area contributed by atoms with Crippen molar-refractivity contribution in [1.29, 1.82) is 0 Å². The molecular formula is C35H54N6O7S. The lowest BCUT2D eigenvalue weighted by Crippen LogP contribution is -2.62. The molecule has 1 unspecified atom stereocenters. The van der Waals surface area contributed by atoms with Gasteiger partial charge in [-0.05, 0) is 65.4 Å². The summed E-state index contributed by atoms with van der Waals surface area (Å²) in [5.74, 6) is -3.20. The number of urea groups is 1. The molecule has 0 spiro atoms. The van der Waals surface area contributed by atoms with Gasteiger partial charge in [-0.15, -0.1) is 0 Å². The first-order valence-corrected chi connectivity index (χ1v) is 18.4. The molecule has 49 heavy (non-hydrogen) atoms. The molecule has 1 aromatic carbocycles. The molecule has 1 heterocycles. The molecule has 14 heteroatoms. The SMILES string of the molecule is CN(C[C@H](CC(C)(C)C)NC(=O)N[C@H](C(=O)N1C[C@H]2[C@@H]([C@H]1C(=O)NC(C(=O)C(N)=O)C1CC1)C2(C)C)C(C)(C)C)S(=O)(=O)c1ccccc1. The fraction of sp³-hybridized carbons (Fsp3) is 0.686. The van der Waals surface area contributed by atoms with Crippen molar-refractivity contribution in [2.45, 2.75) is 104 Å². The number of primary amides is 1. The van der Waals surface area contributed by atoms with Crippen molar-refractivity contribution < 1.29 is 32.4 Å². The van der Waals surface area contributed by atoms with Gasteiger partial charge in [-0.1, -0.05) is 73.6 Å². The van der Waals surface area contributed by atoms with Crippen LogP contribution in [-0.2, 0) is 29.2 Å². The van der Waals surface area contributed by atoms with Gasteiger partial charge in [0.1, 0.15) is 18.1 Å². The van der Waals surface area contributed by atoms with Gasteiger partial charge in [-0.25, -0.2) is 13.2 Å². The molecule has 5 N–H and O–H groups in total. The molecule has 1 aliphatic heterocycles. The molecule has 3 fully saturated rings. The Morgan fingerprint density at radius 1 is 0.980 bits per heavy atom. The highest BCUT2D eigenvalue weighted by atomic mass is 32.2. The third kappa shape index (κ3) is 8.62. The number of hydrogen-bond acceptors (Lipinski definition) is 7. The molecule has 1 aromatic rings. The Labute approximate surface area is 290 Å². The molecule has 0 aromatic heterocycles. The zero-order valence-electron chi connectivity index (χ0n) is 30.2. The van der Waals surface area contributed by atoms with Gasteiger partial charge in [0.25, 0.3) is 5.91 Å². The lowest BCUT2D eigenvalue weighted by Gasteiger charge is -2.38. The summed E-state index contributed by atoms with van der Waals surface area (Å²) in [7, 11) is -2.36. The van der Waals surface area contributed by atoms with Gasteiger partial charge in [0.05, 0.1) is 4.90 Å². The van der Waals surface area contributed by atoms with Crippen LogP contribution >= 0.6 is 0 Å². The molecule has 2 aliphatic carbocycles. The van der Waals surface area contributed by atoms with Crippen LogP contribution in [-0.4, -0.2) is 91.5 Å². The zero-order chi connectivity index (χ0) is 36.9. The number of benzene rings is 1. The Balaban J connectivity index is 1.53. The molecule has 4 rings (SSSR count). The number of carbonyl (C=O) groups excluding carboxylic acids is 5. The van der Waals surface area contributed by atoms with E-state index in [2.05, 4.69) is 16.0 Å². The quantitative estimate of drug-likeness (QED) is 0.227. The van der Waals surface area contributed by atoms with Crippen LogP contribution in [0.25, 0.3) is 0 Å². The number of nitrogens with two attached hydrogens (primary N) is 1. The van der Waals surface area contributed by atoms with E-state index in [0.29, 0.717) is 25.8 Å². The van der Waals surface area contributed by atoms with Crippen molar-refractivity contribution in [2.75, 3.05) is 20.1 Å². The summed E-state index contributed by atoms with van der Waals surface area (Å²) in [6.45, 7) is 15.8. The highest BCUT2D eigenvalue weighted by molar-refractivity contribution is 7.89. The first-order chi connectivity index (χ1) is 22.5. The van der Waals surface area contributed by atoms with Gasteiger partial charge in [-0.2, -0.15) is 4.31 Å². The van der Waals surface area contributed by atoms with Crippen molar-refractivity contribution >= 4 is 39.6 Å². The van der Waals surface area contributed by atoms with Crippen LogP contribution in [0.4, 0.5) is 4.79 Å².